The number of pyridine rings is 1. The average molecular weight is 259 g/mol. The Bertz CT molecular complexity index is 304. The van der Waals surface area contributed by atoms with Gasteiger partial charge < -0.3 is 10.1 Å². The minimum Gasteiger partial charge on any atom is -0.380 e. The van der Waals surface area contributed by atoms with E-state index in [1.54, 1.807) is 13.3 Å². The number of halogens is 1. The maximum Gasteiger partial charge on any atom is 0.126 e. The molecule has 0 amide bonds. The van der Waals surface area contributed by atoms with Crippen LogP contribution in [-0.4, -0.2) is 24.7 Å². The van der Waals surface area contributed by atoms with Crippen LogP contribution in [0.5, 0.6) is 0 Å². The first kappa shape index (κ1) is 11.5. The minimum absolute atomic E-state index is 0.195. The van der Waals surface area contributed by atoms with Crippen LogP contribution in [0.3, 0.4) is 0 Å². The zero-order valence-electron chi connectivity index (χ0n) is 8.67. The number of nitrogens with zero attached hydrogens (tertiary/aromatic N) is 1. The molecule has 0 aliphatic rings. The van der Waals surface area contributed by atoms with Crippen LogP contribution in [0.1, 0.15) is 12.5 Å². The van der Waals surface area contributed by atoms with E-state index in [2.05, 4.69) is 26.2 Å². The number of aryl methyl sites for hydroxylation is 1. The molecule has 1 heterocycles. The van der Waals surface area contributed by atoms with E-state index in [1.165, 1.54) is 5.56 Å². The SMILES string of the molecule is COC(C)CNc1cc(C)c(Br)cn1. The molecule has 1 unspecified atom stereocenters. The fourth-order valence-electron chi connectivity index (χ4n) is 0.968. The molecule has 0 aliphatic carbocycles. The van der Waals surface area contributed by atoms with Crippen molar-refractivity contribution in [1.82, 2.24) is 4.98 Å². The molecule has 1 atom stereocenters. The molecule has 0 bridgehead atoms. The van der Waals surface area contributed by atoms with E-state index in [0.717, 1.165) is 16.8 Å². The van der Waals surface area contributed by atoms with Crippen LogP contribution < -0.4 is 5.32 Å². The summed E-state index contributed by atoms with van der Waals surface area (Å²) in [5, 5.41) is 3.21. The lowest BCUT2D eigenvalue weighted by molar-refractivity contribution is 0.128. The monoisotopic (exact) mass is 258 g/mol. The molecular formula is C10H15BrN2O. The standard InChI is InChI=1S/C10H15BrN2O/c1-7-4-10(13-6-9(7)11)12-5-8(2)14-3/h4,6,8H,5H2,1-3H3,(H,12,13). The van der Waals surface area contributed by atoms with Crippen molar-refractivity contribution in [3.63, 3.8) is 0 Å². The number of nitrogens with one attached hydrogen (secondary N) is 1. The number of methoxy groups -OCH3 is 1. The number of anilines is 1. The van der Waals surface area contributed by atoms with Crippen LogP contribution in [-0.2, 0) is 4.74 Å². The highest BCUT2D eigenvalue weighted by Gasteiger charge is 2.01. The van der Waals surface area contributed by atoms with Crippen molar-refractivity contribution in [2.45, 2.75) is 20.0 Å². The Morgan fingerprint density at radius 2 is 2.36 bits per heavy atom. The lowest BCUT2D eigenvalue weighted by Gasteiger charge is -2.11. The molecule has 1 rings (SSSR count). The van der Waals surface area contributed by atoms with Crippen LogP contribution >= 0.6 is 15.9 Å². The summed E-state index contributed by atoms with van der Waals surface area (Å²) >= 11 is 3.41. The molecule has 1 aromatic heterocycles. The Balaban J connectivity index is 2.55. The molecule has 0 saturated carbocycles. The molecule has 4 heteroatoms. The first-order valence-corrected chi connectivity index (χ1v) is 5.31. The van der Waals surface area contributed by atoms with E-state index < -0.39 is 0 Å². The van der Waals surface area contributed by atoms with Gasteiger partial charge in [0.2, 0.25) is 0 Å². The summed E-state index contributed by atoms with van der Waals surface area (Å²) in [4.78, 5) is 4.23. The fourth-order valence-corrected chi connectivity index (χ4v) is 1.18. The van der Waals surface area contributed by atoms with Crippen molar-refractivity contribution in [2.24, 2.45) is 0 Å². The van der Waals surface area contributed by atoms with E-state index in [-0.39, 0.29) is 6.10 Å². The molecule has 78 valence electrons. The van der Waals surface area contributed by atoms with Crippen LogP contribution in [0.25, 0.3) is 0 Å². The summed E-state index contributed by atoms with van der Waals surface area (Å²) in [6.45, 7) is 4.82. The van der Waals surface area contributed by atoms with Gasteiger partial charge in [-0.3, -0.25) is 0 Å². The van der Waals surface area contributed by atoms with Crippen molar-refractivity contribution in [2.75, 3.05) is 19.0 Å². The summed E-state index contributed by atoms with van der Waals surface area (Å²) in [5.74, 6) is 0.884. The second-order valence-electron chi connectivity index (χ2n) is 3.25. The van der Waals surface area contributed by atoms with Gasteiger partial charge in [-0.05, 0) is 41.4 Å². The molecule has 0 radical (unpaired) electrons. The lowest BCUT2D eigenvalue weighted by atomic mass is 10.3. The predicted molar refractivity (Wildman–Crippen MR) is 61.6 cm³/mol. The molecule has 0 saturated heterocycles. The van der Waals surface area contributed by atoms with Gasteiger partial charge in [-0.2, -0.15) is 0 Å². The number of aromatic nitrogens is 1. The van der Waals surface area contributed by atoms with Crippen molar-refractivity contribution in [3.05, 3.63) is 22.3 Å². The van der Waals surface area contributed by atoms with E-state index in [9.17, 15) is 0 Å². The third kappa shape index (κ3) is 3.27. The Kier molecular flexibility index (Phi) is 4.35. The quantitative estimate of drug-likeness (QED) is 0.902. The van der Waals surface area contributed by atoms with Crippen molar-refractivity contribution >= 4 is 21.7 Å². The van der Waals surface area contributed by atoms with Gasteiger partial charge in [0.05, 0.1) is 6.10 Å². The number of rotatable bonds is 4. The molecule has 0 fully saturated rings. The molecule has 0 aliphatic heterocycles. The molecule has 1 aromatic rings. The average Bonchev–Trinajstić information content (AvgIpc) is 2.19. The summed E-state index contributed by atoms with van der Waals surface area (Å²) in [6, 6.07) is 2.01. The van der Waals surface area contributed by atoms with Crippen LogP contribution in [0.2, 0.25) is 0 Å². The van der Waals surface area contributed by atoms with Crippen molar-refractivity contribution < 1.29 is 4.74 Å². The Hall–Kier alpha value is -0.610. The van der Waals surface area contributed by atoms with E-state index in [0.29, 0.717) is 0 Å². The Labute approximate surface area is 93.0 Å². The molecule has 14 heavy (non-hydrogen) atoms. The predicted octanol–water partition coefficient (Wildman–Crippen LogP) is 2.60. The lowest BCUT2D eigenvalue weighted by Crippen LogP contribution is -2.18. The molecule has 0 spiro atoms. The van der Waals surface area contributed by atoms with Gasteiger partial charge in [0.15, 0.2) is 0 Å². The smallest absolute Gasteiger partial charge is 0.126 e. The maximum absolute atomic E-state index is 5.13. The number of hydrogen-bond donors (Lipinski definition) is 1. The van der Waals surface area contributed by atoms with Gasteiger partial charge in [0.25, 0.3) is 0 Å². The fraction of sp³-hybridized carbons (Fsp3) is 0.500. The van der Waals surface area contributed by atoms with Gasteiger partial charge in [-0.15, -0.1) is 0 Å². The number of hydrogen-bond acceptors (Lipinski definition) is 3. The first-order chi connectivity index (χ1) is 6.63. The van der Waals surface area contributed by atoms with Gasteiger partial charge in [0, 0.05) is 24.3 Å². The Morgan fingerprint density at radius 3 is 2.93 bits per heavy atom. The summed E-state index contributed by atoms with van der Waals surface area (Å²) in [6.07, 6.45) is 2.00. The first-order valence-electron chi connectivity index (χ1n) is 4.52. The topological polar surface area (TPSA) is 34.1 Å². The largest absolute Gasteiger partial charge is 0.380 e. The summed E-state index contributed by atoms with van der Waals surface area (Å²) in [7, 11) is 1.70. The van der Waals surface area contributed by atoms with E-state index in [1.807, 2.05) is 19.9 Å². The Morgan fingerprint density at radius 1 is 1.64 bits per heavy atom. The van der Waals surface area contributed by atoms with E-state index in [4.69, 9.17) is 4.74 Å². The van der Waals surface area contributed by atoms with Gasteiger partial charge in [-0.25, -0.2) is 4.98 Å². The molecule has 1 N–H and O–H groups in total. The van der Waals surface area contributed by atoms with Gasteiger partial charge in [0.1, 0.15) is 5.82 Å². The second-order valence-corrected chi connectivity index (χ2v) is 4.10. The third-order valence-electron chi connectivity index (χ3n) is 2.02. The minimum atomic E-state index is 0.195. The van der Waals surface area contributed by atoms with Crippen LogP contribution in [0, 0.1) is 6.92 Å². The van der Waals surface area contributed by atoms with Crippen molar-refractivity contribution in [1.29, 1.82) is 0 Å². The second kappa shape index (κ2) is 5.32. The van der Waals surface area contributed by atoms with Gasteiger partial charge in [-0.1, -0.05) is 0 Å². The normalized spacial score (nSPS) is 12.6. The van der Waals surface area contributed by atoms with Gasteiger partial charge >= 0.3 is 0 Å². The number of ether oxygens (including phenoxy) is 1. The van der Waals surface area contributed by atoms with E-state index >= 15 is 0 Å². The van der Waals surface area contributed by atoms with Crippen LogP contribution in [0.4, 0.5) is 5.82 Å². The molecule has 0 aromatic carbocycles. The molecular weight excluding hydrogens is 244 g/mol. The summed E-state index contributed by atoms with van der Waals surface area (Å²) in [5.41, 5.74) is 1.17. The maximum atomic E-state index is 5.13. The zero-order chi connectivity index (χ0) is 10.6. The summed E-state index contributed by atoms with van der Waals surface area (Å²) < 4.78 is 6.16. The van der Waals surface area contributed by atoms with Crippen LogP contribution in [0.15, 0.2) is 16.7 Å². The highest BCUT2D eigenvalue weighted by molar-refractivity contribution is 9.10. The highest BCUT2D eigenvalue weighted by Crippen LogP contribution is 2.17. The third-order valence-corrected chi connectivity index (χ3v) is 2.85. The highest BCUT2D eigenvalue weighted by atomic mass is 79.9. The van der Waals surface area contributed by atoms with Crippen molar-refractivity contribution in [3.8, 4) is 0 Å². The zero-order valence-corrected chi connectivity index (χ0v) is 10.3. The molecule has 3 nitrogen and oxygen atoms in total.